The molecule has 0 radical (unpaired) electrons. The third-order valence-corrected chi connectivity index (χ3v) is 4.93. The number of benzene rings is 1. The molecule has 1 heterocycles. The largest absolute Gasteiger partial charge is 0.416 e. The van der Waals surface area contributed by atoms with E-state index in [1.54, 1.807) is 0 Å². The van der Waals surface area contributed by atoms with Crippen LogP contribution >= 0.6 is 0 Å². The molecule has 8 heteroatoms. The van der Waals surface area contributed by atoms with E-state index >= 15 is 0 Å². The minimum atomic E-state index is -4.56. The van der Waals surface area contributed by atoms with Gasteiger partial charge in [-0.2, -0.15) is 13.2 Å². The van der Waals surface area contributed by atoms with Crippen LogP contribution in [0.3, 0.4) is 0 Å². The van der Waals surface area contributed by atoms with Gasteiger partial charge in [-0.15, -0.1) is 0 Å². The Labute approximate surface area is 115 Å². The van der Waals surface area contributed by atoms with Gasteiger partial charge in [-0.3, -0.25) is 0 Å². The van der Waals surface area contributed by atoms with Crippen LogP contribution in [0.25, 0.3) is 0 Å². The van der Waals surface area contributed by atoms with Crippen LogP contribution in [0.5, 0.6) is 0 Å². The summed E-state index contributed by atoms with van der Waals surface area (Å²) in [5, 5.41) is 2.99. The van der Waals surface area contributed by atoms with E-state index in [2.05, 4.69) is 10.0 Å². The first kappa shape index (κ1) is 15.3. The Morgan fingerprint density at radius 2 is 2.05 bits per heavy atom. The van der Waals surface area contributed by atoms with Crippen LogP contribution in [0.15, 0.2) is 23.1 Å². The molecule has 0 bridgehead atoms. The van der Waals surface area contributed by atoms with Crippen molar-refractivity contribution >= 4 is 10.0 Å². The molecule has 1 saturated heterocycles. The van der Waals surface area contributed by atoms with Gasteiger partial charge in [0.25, 0.3) is 0 Å². The summed E-state index contributed by atoms with van der Waals surface area (Å²) in [6, 6.07) is 2.90. The molecular formula is C12H15F3N2O2S. The van der Waals surface area contributed by atoms with Crippen LogP contribution in [-0.2, 0) is 16.2 Å². The molecule has 0 amide bonds. The second-order valence-corrected chi connectivity index (χ2v) is 6.42. The van der Waals surface area contributed by atoms with Crippen molar-refractivity contribution in [1.82, 2.24) is 10.0 Å². The van der Waals surface area contributed by atoms with E-state index < -0.39 is 21.8 Å². The van der Waals surface area contributed by atoms with Crippen LogP contribution in [0.1, 0.15) is 17.5 Å². The second kappa shape index (κ2) is 5.34. The monoisotopic (exact) mass is 308 g/mol. The average Bonchev–Trinajstić information content (AvgIpc) is 2.79. The van der Waals surface area contributed by atoms with Gasteiger partial charge in [-0.25, -0.2) is 13.1 Å². The fourth-order valence-electron chi connectivity index (χ4n) is 2.25. The Morgan fingerprint density at radius 3 is 2.60 bits per heavy atom. The van der Waals surface area contributed by atoms with Gasteiger partial charge in [0, 0.05) is 12.6 Å². The molecule has 1 fully saturated rings. The zero-order valence-corrected chi connectivity index (χ0v) is 11.6. The predicted octanol–water partition coefficient (Wildman–Crippen LogP) is 1.65. The van der Waals surface area contributed by atoms with Gasteiger partial charge < -0.3 is 5.32 Å². The molecule has 0 unspecified atom stereocenters. The van der Waals surface area contributed by atoms with Crippen molar-refractivity contribution in [2.45, 2.75) is 30.5 Å². The smallest absolute Gasteiger partial charge is 0.315 e. The summed E-state index contributed by atoms with van der Waals surface area (Å²) < 4.78 is 65.2. The van der Waals surface area contributed by atoms with Crippen molar-refractivity contribution < 1.29 is 21.6 Å². The van der Waals surface area contributed by atoms with E-state index in [9.17, 15) is 21.6 Å². The Kier molecular flexibility index (Phi) is 4.08. The van der Waals surface area contributed by atoms with E-state index in [0.717, 1.165) is 12.1 Å². The predicted molar refractivity (Wildman–Crippen MR) is 67.8 cm³/mol. The van der Waals surface area contributed by atoms with Crippen LogP contribution in [0.2, 0.25) is 0 Å². The maximum Gasteiger partial charge on any atom is 0.416 e. The fraction of sp³-hybridized carbons (Fsp3) is 0.500. The van der Waals surface area contributed by atoms with Gasteiger partial charge >= 0.3 is 6.18 Å². The number of sulfonamides is 1. The number of halogens is 3. The molecule has 0 aliphatic carbocycles. The molecule has 20 heavy (non-hydrogen) atoms. The minimum Gasteiger partial charge on any atom is -0.315 e. The quantitative estimate of drug-likeness (QED) is 0.893. The van der Waals surface area contributed by atoms with E-state index in [4.69, 9.17) is 0 Å². The molecule has 112 valence electrons. The standard InChI is InChI=1S/C12H15F3N2O2S/c1-8-10(12(13,14)15)3-2-4-11(8)20(18,19)17-9-5-6-16-7-9/h2-4,9,16-17H,5-7H2,1H3/t9-/m1/s1. The van der Waals surface area contributed by atoms with Gasteiger partial charge in [-0.1, -0.05) is 6.07 Å². The zero-order valence-electron chi connectivity index (χ0n) is 10.8. The Balaban J connectivity index is 2.36. The maximum atomic E-state index is 12.8. The average molecular weight is 308 g/mol. The minimum absolute atomic E-state index is 0.279. The highest BCUT2D eigenvalue weighted by Crippen LogP contribution is 2.34. The summed E-state index contributed by atoms with van der Waals surface area (Å²) in [4.78, 5) is -0.320. The molecule has 0 spiro atoms. The Hall–Kier alpha value is -1.12. The molecule has 1 aromatic rings. The number of hydrogen-bond donors (Lipinski definition) is 2. The van der Waals surface area contributed by atoms with Crippen molar-refractivity contribution in [1.29, 1.82) is 0 Å². The van der Waals surface area contributed by atoms with Gasteiger partial charge in [0.05, 0.1) is 10.5 Å². The first-order valence-electron chi connectivity index (χ1n) is 6.11. The Bertz CT molecular complexity index is 593. The van der Waals surface area contributed by atoms with Crippen LogP contribution in [-0.4, -0.2) is 27.5 Å². The van der Waals surface area contributed by atoms with Crippen LogP contribution in [0, 0.1) is 6.92 Å². The van der Waals surface area contributed by atoms with Gasteiger partial charge in [0.1, 0.15) is 0 Å². The Morgan fingerprint density at radius 1 is 1.35 bits per heavy atom. The summed E-state index contributed by atoms with van der Waals surface area (Å²) >= 11 is 0. The third-order valence-electron chi connectivity index (χ3n) is 3.26. The first-order valence-corrected chi connectivity index (χ1v) is 7.60. The topological polar surface area (TPSA) is 58.2 Å². The van der Waals surface area contributed by atoms with Gasteiger partial charge in [0.2, 0.25) is 10.0 Å². The SMILES string of the molecule is Cc1c(C(F)(F)F)cccc1S(=O)(=O)N[C@@H]1CCNC1. The summed E-state index contributed by atoms with van der Waals surface area (Å²) in [6.45, 7) is 2.34. The second-order valence-electron chi connectivity index (χ2n) is 4.74. The normalized spacial score (nSPS) is 20.3. The van der Waals surface area contributed by atoms with Crippen molar-refractivity contribution in [3.63, 3.8) is 0 Å². The lowest BCUT2D eigenvalue weighted by Crippen LogP contribution is -2.36. The van der Waals surface area contributed by atoms with Gasteiger partial charge in [-0.05, 0) is 37.6 Å². The lowest BCUT2D eigenvalue weighted by molar-refractivity contribution is -0.138. The summed E-state index contributed by atoms with van der Waals surface area (Å²) in [6.07, 6.45) is -3.94. The van der Waals surface area contributed by atoms with Crippen LogP contribution in [0.4, 0.5) is 13.2 Å². The number of hydrogen-bond acceptors (Lipinski definition) is 3. The van der Waals surface area contributed by atoms with Crippen molar-refractivity contribution in [2.75, 3.05) is 13.1 Å². The molecule has 1 aromatic carbocycles. The maximum absolute atomic E-state index is 12.8. The molecule has 2 rings (SSSR count). The lowest BCUT2D eigenvalue weighted by atomic mass is 10.1. The number of rotatable bonds is 3. The highest BCUT2D eigenvalue weighted by atomic mass is 32.2. The van der Waals surface area contributed by atoms with E-state index in [0.29, 0.717) is 19.5 Å². The molecule has 0 aromatic heterocycles. The fourth-order valence-corrected chi connectivity index (χ4v) is 3.79. The molecular weight excluding hydrogens is 293 g/mol. The van der Waals surface area contributed by atoms with Crippen molar-refractivity contribution in [2.24, 2.45) is 0 Å². The lowest BCUT2D eigenvalue weighted by Gasteiger charge is -2.16. The summed E-state index contributed by atoms with van der Waals surface area (Å²) in [7, 11) is -3.95. The molecule has 1 aliphatic heterocycles. The highest BCUT2D eigenvalue weighted by molar-refractivity contribution is 7.89. The number of alkyl halides is 3. The summed E-state index contributed by atoms with van der Waals surface area (Å²) in [5.41, 5.74) is -1.21. The number of nitrogens with one attached hydrogen (secondary N) is 2. The third kappa shape index (κ3) is 3.13. The molecule has 1 atom stereocenters. The van der Waals surface area contributed by atoms with Gasteiger partial charge in [0.15, 0.2) is 0 Å². The van der Waals surface area contributed by atoms with E-state index in [-0.39, 0.29) is 16.5 Å². The molecule has 4 nitrogen and oxygen atoms in total. The molecule has 0 saturated carbocycles. The van der Waals surface area contributed by atoms with Crippen molar-refractivity contribution in [3.05, 3.63) is 29.3 Å². The van der Waals surface area contributed by atoms with Crippen molar-refractivity contribution in [3.8, 4) is 0 Å². The summed E-state index contributed by atoms with van der Waals surface area (Å²) in [5.74, 6) is 0. The van der Waals surface area contributed by atoms with E-state index in [1.165, 1.54) is 13.0 Å². The first-order chi connectivity index (χ1) is 9.22. The molecule has 2 N–H and O–H groups in total. The zero-order chi connectivity index (χ0) is 15.0. The highest BCUT2D eigenvalue weighted by Gasteiger charge is 2.35. The molecule has 1 aliphatic rings. The van der Waals surface area contributed by atoms with E-state index in [1.807, 2.05) is 0 Å². The van der Waals surface area contributed by atoms with Crippen LogP contribution < -0.4 is 10.0 Å².